The lowest BCUT2D eigenvalue weighted by Gasteiger charge is -2.45. The Morgan fingerprint density at radius 3 is 1.90 bits per heavy atom. The van der Waals surface area contributed by atoms with E-state index < -0.39 is 0 Å². The van der Waals surface area contributed by atoms with Crippen LogP contribution in [-0.4, -0.2) is 30.6 Å². The summed E-state index contributed by atoms with van der Waals surface area (Å²) in [5, 5.41) is 0. The Bertz CT molecular complexity index is 691. The molecule has 1 heterocycles. The highest BCUT2D eigenvalue weighted by atomic mass is 35.5. The SMILES string of the molecule is Cl.Cl.NCC1(c2ccccc2)CCC(N2CCC(Cc3ccccc3)CC2)CC1. The molecule has 0 unspecified atom stereocenters. The van der Waals surface area contributed by atoms with Gasteiger partial charge in [0.25, 0.3) is 0 Å². The Kier molecular flexibility index (Phi) is 9.49. The number of likely N-dealkylation sites (tertiary alicyclic amines) is 1. The van der Waals surface area contributed by atoms with Crippen LogP contribution in [0.25, 0.3) is 0 Å². The Morgan fingerprint density at radius 2 is 1.34 bits per heavy atom. The Hall–Kier alpha value is -1.06. The van der Waals surface area contributed by atoms with Gasteiger partial charge in [0.05, 0.1) is 0 Å². The molecule has 2 fully saturated rings. The van der Waals surface area contributed by atoms with Crippen LogP contribution in [0.15, 0.2) is 60.7 Å². The van der Waals surface area contributed by atoms with Crippen molar-refractivity contribution in [3.8, 4) is 0 Å². The van der Waals surface area contributed by atoms with E-state index in [0.717, 1.165) is 18.5 Å². The zero-order valence-corrected chi connectivity index (χ0v) is 19.0. The van der Waals surface area contributed by atoms with Gasteiger partial charge < -0.3 is 10.6 Å². The largest absolute Gasteiger partial charge is 0.330 e. The standard InChI is InChI=1S/C25H34N2.2ClH/c26-20-25(23-9-5-2-6-10-23)15-11-24(12-16-25)27-17-13-22(14-18-27)19-21-7-3-1-4-8-21;;/h1-10,22,24H,11-20,26H2;2*1H. The van der Waals surface area contributed by atoms with Gasteiger partial charge >= 0.3 is 0 Å². The first-order valence-electron chi connectivity index (χ1n) is 10.8. The topological polar surface area (TPSA) is 29.3 Å². The molecule has 4 rings (SSSR count). The fourth-order valence-electron chi connectivity index (χ4n) is 5.39. The van der Waals surface area contributed by atoms with Crippen LogP contribution in [0.4, 0.5) is 0 Å². The van der Waals surface area contributed by atoms with Crippen molar-refractivity contribution in [3.05, 3.63) is 71.8 Å². The Morgan fingerprint density at radius 1 is 0.793 bits per heavy atom. The summed E-state index contributed by atoms with van der Waals surface area (Å²) < 4.78 is 0. The third kappa shape index (κ3) is 5.76. The molecular weight excluding hydrogens is 399 g/mol. The minimum absolute atomic E-state index is 0. The Labute approximate surface area is 189 Å². The van der Waals surface area contributed by atoms with Crippen molar-refractivity contribution in [2.24, 2.45) is 11.7 Å². The van der Waals surface area contributed by atoms with Crippen LogP contribution in [0.5, 0.6) is 0 Å². The van der Waals surface area contributed by atoms with E-state index in [2.05, 4.69) is 65.6 Å². The maximum absolute atomic E-state index is 6.27. The molecule has 2 aliphatic rings. The molecule has 2 N–H and O–H groups in total. The molecule has 160 valence electrons. The average molecular weight is 435 g/mol. The molecule has 0 aromatic heterocycles. The van der Waals surface area contributed by atoms with Crippen molar-refractivity contribution in [1.29, 1.82) is 0 Å². The second-order valence-corrected chi connectivity index (χ2v) is 8.75. The second kappa shape index (κ2) is 11.4. The lowest BCUT2D eigenvalue weighted by atomic mass is 9.68. The van der Waals surface area contributed by atoms with Gasteiger partial charge in [0, 0.05) is 18.0 Å². The van der Waals surface area contributed by atoms with Crippen molar-refractivity contribution >= 4 is 24.8 Å². The van der Waals surface area contributed by atoms with E-state index in [-0.39, 0.29) is 30.2 Å². The van der Waals surface area contributed by atoms with E-state index in [4.69, 9.17) is 5.73 Å². The summed E-state index contributed by atoms with van der Waals surface area (Å²) in [5.74, 6) is 0.861. The zero-order valence-electron chi connectivity index (χ0n) is 17.3. The predicted molar refractivity (Wildman–Crippen MR) is 128 cm³/mol. The van der Waals surface area contributed by atoms with Crippen molar-refractivity contribution < 1.29 is 0 Å². The summed E-state index contributed by atoms with van der Waals surface area (Å²) in [4.78, 5) is 2.78. The van der Waals surface area contributed by atoms with Crippen molar-refractivity contribution in [3.63, 3.8) is 0 Å². The molecule has 0 atom stereocenters. The minimum Gasteiger partial charge on any atom is -0.330 e. The molecule has 1 saturated heterocycles. The molecule has 0 spiro atoms. The molecular formula is C25H36Cl2N2. The number of benzene rings is 2. The third-order valence-corrected chi connectivity index (χ3v) is 7.22. The van der Waals surface area contributed by atoms with Crippen molar-refractivity contribution in [1.82, 2.24) is 4.90 Å². The molecule has 0 radical (unpaired) electrons. The summed E-state index contributed by atoms with van der Waals surface area (Å²) in [6.45, 7) is 3.34. The van der Waals surface area contributed by atoms with Crippen LogP contribution in [0.2, 0.25) is 0 Å². The number of piperidine rings is 1. The van der Waals surface area contributed by atoms with E-state index in [1.165, 1.54) is 69.2 Å². The highest BCUT2D eigenvalue weighted by Crippen LogP contribution is 2.40. The molecule has 1 saturated carbocycles. The quantitative estimate of drug-likeness (QED) is 0.660. The highest BCUT2D eigenvalue weighted by Gasteiger charge is 2.37. The number of rotatable bonds is 5. The number of nitrogens with two attached hydrogens (primary N) is 1. The van der Waals surface area contributed by atoms with Gasteiger partial charge in [-0.1, -0.05) is 60.7 Å². The van der Waals surface area contributed by atoms with Gasteiger partial charge in [-0.05, 0) is 75.1 Å². The van der Waals surface area contributed by atoms with E-state index in [0.29, 0.717) is 0 Å². The monoisotopic (exact) mass is 434 g/mol. The minimum atomic E-state index is 0. The van der Waals surface area contributed by atoms with Gasteiger partial charge in [0.15, 0.2) is 0 Å². The molecule has 0 amide bonds. The highest BCUT2D eigenvalue weighted by molar-refractivity contribution is 5.85. The fourth-order valence-corrected chi connectivity index (χ4v) is 5.39. The molecule has 2 nitrogen and oxygen atoms in total. The summed E-state index contributed by atoms with van der Waals surface area (Å²) in [6.07, 6.45) is 9.04. The second-order valence-electron chi connectivity index (χ2n) is 8.75. The number of hydrogen-bond acceptors (Lipinski definition) is 2. The van der Waals surface area contributed by atoms with Gasteiger partial charge in [-0.15, -0.1) is 24.8 Å². The lowest BCUT2D eigenvalue weighted by Crippen LogP contribution is -2.47. The maximum atomic E-state index is 6.27. The third-order valence-electron chi connectivity index (χ3n) is 7.22. The molecule has 2 aromatic rings. The summed E-state index contributed by atoms with van der Waals surface area (Å²) in [7, 11) is 0. The zero-order chi connectivity index (χ0) is 18.5. The number of nitrogens with zero attached hydrogens (tertiary/aromatic N) is 1. The average Bonchev–Trinajstić information content (AvgIpc) is 2.76. The van der Waals surface area contributed by atoms with Crippen molar-refractivity contribution in [2.75, 3.05) is 19.6 Å². The van der Waals surface area contributed by atoms with E-state index >= 15 is 0 Å². The van der Waals surface area contributed by atoms with E-state index in [1.807, 2.05) is 0 Å². The van der Waals surface area contributed by atoms with Crippen LogP contribution in [0, 0.1) is 5.92 Å². The molecule has 4 heteroatoms. The van der Waals surface area contributed by atoms with E-state index in [9.17, 15) is 0 Å². The van der Waals surface area contributed by atoms with Crippen LogP contribution in [0.1, 0.15) is 49.7 Å². The summed E-state index contributed by atoms with van der Waals surface area (Å²) in [5.41, 5.74) is 9.44. The smallest absolute Gasteiger partial charge is 0.00959 e. The predicted octanol–water partition coefficient (Wildman–Crippen LogP) is 5.62. The van der Waals surface area contributed by atoms with Gasteiger partial charge in [0.1, 0.15) is 0 Å². The lowest BCUT2D eigenvalue weighted by molar-refractivity contribution is 0.0875. The Balaban J connectivity index is 0.00000150. The van der Waals surface area contributed by atoms with Crippen LogP contribution in [-0.2, 0) is 11.8 Å². The normalized spacial score (nSPS) is 25.6. The molecule has 0 bridgehead atoms. The molecule has 2 aromatic carbocycles. The van der Waals surface area contributed by atoms with Gasteiger partial charge in [-0.25, -0.2) is 0 Å². The van der Waals surface area contributed by atoms with Crippen molar-refractivity contribution in [2.45, 2.75) is 56.4 Å². The van der Waals surface area contributed by atoms with Gasteiger partial charge in [-0.3, -0.25) is 0 Å². The number of halogens is 2. The van der Waals surface area contributed by atoms with E-state index in [1.54, 1.807) is 0 Å². The molecule has 29 heavy (non-hydrogen) atoms. The molecule has 1 aliphatic carbocycles. The first kappa shape index (κ1) is 24.2. The number of hydrogen-bond donors (Lipinski definition) is 1. The first-order chi connectivity index (χ1) is 13.3. The van der Waals surface area contributed by atoms with Crippen LogP contribution >= 0.6 is 24.8 Å². The van der Waals surface area contributed by atoms with Crippen LogP contribution < -0.4 is 5.73 Å². The fraction of sp³-hybridized carbons (Fsp3) is 0.520. The van der Waals surface area contributed by atoms with Crippen LogP contribution in [0.3, 0.4) is 0 Å². The molecule has 1 aliphatic heterocycles. The summed E-state index contributed by atoms with van der Waals surface area (Å²) in [6, 6.07) is 22.8. The first-order valence-corrected chi connectivity index (χ1v) is 10.8. The summed E-state index contributed by atoms with van der Waals surface area (Å²) >= 11 is 0. The van der Waals surface area contributed by atoms with Gasteiger partial charge in [0.2, 0.25) is 0 Å². The maximum Gasteiger partial charge on any atom is 0.00959 e. The van der Waals surface area contributed by atoms with Gasteiger partial charge in [-0.2, -0.15) is 0 Å².